The Morgan fingerprint density at radius 2 is 1.76 bits per heavy atom. The fourth-order valence-corrected chi connectivity index (χ4v) is 4.10. The number of rotatable bonds is 11. The second kappa shape index (κ2) is 13.8. The van der Waals surface area contributed by atoms with E-state index in [1.165, 1.54) is 28.5 Å². The number of ether oxygens (including phenoxy) is 2. The molecule has 2 atom stereocenters. The molecule has 2 aromatic carbocycles. The number of hydrogen-bond acceptors (Lipinski definition) is 9. The Hall–Kier alpha value is -3.67. The van der Waals surface area contributed by atoms with Crippen molar-refractivity contribution in [1.82, 2.24) is 20.7 Å². The molecule has 0 saturated carbocycles. The molecule has 0 saturated heterocycles. The number of phenolic OH excluding ortho intramolecular Hbond substituents is 1. The molecule has 0 fully saturated rings. The van der Waals surface area contributed by atoms with Crippen molar-refractivity contribution < 1.29 is 29.3 Å². The Morgan fingerprint density at radius 1 is 1.05 bits per heavy atom. The van der Waals surface area contributed by atoms with Crippen LogP contribution in [0.4, 0.5) is 9.59 Å². The summed E-state index contributed by atoms with van der Waals surface area (Å²) in [4.78, 5) is 29.8. The molecule has 0 spiro atoms. The minimum atomic E-state index is -1.20. The zero-order chi connectivity index (χ0) is 27.5. The standard InChI is InChI=1S/C27H34N4O6S/c1-27(2,3)37-26(35)30-31(24(33)20-11-13-21(32)14-12-20)15-7-10-23(19-8-5-4-6-9-19)29-25(34)36-17-22-16-28-18-38-22/h4-6,8-9,11-14,16,18,23-24,32-33H,7,10,15,17H2,1-3H3,(H,29,34)(H,30,35). The number of aromatic hydroxyl groups is 1. The van der Waals surface area contributed by atoms with Crippen LogP contribution in [-0.4, -0.2) is 44.5 Å². The fourth-order valence-electron chi connectivity index (χ4n) is 3.59. The van der Waals surface area contributed by atoms with Crippen LogP contribution in [0.2, 0.25) is 0 Å². The van der Waals surface area contributed by atoms with Crippen molar-refractivity contribution in [2.45, 2.75) is 58.1 Å². The van der Waals surface area contributed by atoms with Gasteiger partial charge in [-0.15, -0.1) is 11.3 Å². The van der Waals surface area contributed by atoms with Crippen molar-refractivity contribution in [3.63, 3.8) is 0 Å². The van der Waals surface area contributed by atoms with Crippen LogP contribution < -0.4 is 10.7 Å². The molecule has 2 unspecified atom stereocenters. The molecule has 3 rings (SSSR count). The van der Waals surface area contributed by atoms with Crippen molar-refractivity contribution in [3.05, 3.63) is 82.3 Å². The van der Waals surface area contributed by atoms with E-state index in [2.05, 4.69) is 15.7 Å². The summed E-state index contributed by atoms with van der Waals surface area (Å²) in [5.74, 6) is 0.0617. The Balaban J connectivity index is 1.67. The molecule has 1 heterocycles. The highest BCUT2D eigenvalue weighted by Gasteiger charge is 2.24. The highest BCUT2D eigenvalue weighted by atomic mass is 32.1. The lowest BCUT2D eigenvalue weighted by atomic mass is 10.0. The van der Waals surface area contributed by atoms with Gasteiger partial charge in [0.2, 0.25) is 0 Å². The minimum Gasteiger partial charge on any atom is -0.508 e. The average molecular weight is 543 g/mol. The molecule has 2 amide bonds. The zero-order valence-electron chi connectivity index (χ0n) is 21.7. The number of aliphatic hydroxyl groups is 1. The van der Waals surface area contributed by atoms with E-state index in [9.17, 15) is 19.8 Å². The lowest BCUT2D eigenvalue weighted by Crippen LogP contribution is -2.47. The first-order valence-electron chi connectivity index (χ1n) is 12.2. The molecule has 11 heteroatoms. The fraction of sp³-hybridized carbons (Fsp3) is 0.370. The van der Waals surface area contributed by atoms with Crippen LogP contribution in [0.5, 0.6) is 5.75 Å². The molecular formula is C27H34N4O6S. The number of benzene rings is 2. The summed E-state index contributed by atoms with van der Waals surface area (Å²) in [5, 5.41) is 24.9. The quantitative estimate of drug-likeness (QED) is 0.196. The Morgan fingerprint density at radius 3 is 2.39 bits per heavy atom. The largest absolute Gasteiger partial charge is 0.508 e. The number of hydrogen-bond donors (Lipinski definition) is 4. The highest BCUT2D eigenvalue weighted by Crippen LogP contribution is 2.23. The zero-order valence-corrected chi connectivity index (χ0v) is 22.5. The second-order valence-corrected chi connectivity index (χ2v) is 10.5. The Labute approximate surface area is 226 Å². The molecule has 4 N–H and O–H groups in total. The van der Waals surface area contributed by atoms with Crippen molar-refractivity contribution in [3.8, 4) is 5.75 Å². The Kier molecular flexibility index (Phi) is 10.5. The average Bonchev–Trinajstić information content (AvgIpc) is 3.39. The maximum Gasteiger partial charge on any atom is 0.422 e. The van der Waals surface area contributed by atoms with Crippen molar-refractivity contribution in [2.24, 2.45) is 0 Å². The SMILES string of the molecule is CC(C)(C)OC(=O)NN(CCCC(NC(=O)OCc1cncs1)c1ccccc1)C(O)c1ccc(O)cc1. The van der Waals surface area contributed by atoms with Gasteiger partial charge in [-0.3, -0.25) is 10.4 Å². The van der Waals surface area contributed by atoms with E-state index in [0.717, 1.165) is 10.4 Å². The minimum absolute atomic E-state index is 0.0617. The maximum atomic E-state index is 12.5. The molecule has 0 aliphatic heterocycles. The number of aliphatic hydroxyl groups excluding tert-OH is 1. The van der Waals surface area contributed by atoms with Gasteiger partial charge in [0, 0.05) is 12.7 Å². The van der Waals surface area contributed by atoms with Crippen LogP contribution in [-0.2, 0) is 16.1 Å². The molecule has 0 aliphatic carbocycles. The van der Waals surface area contributed by atoms with Crippen molar-refractivity contribution in [2.75, 3.05) is 6.54 Å². The summed E-state index contributed by atoms with van der Waals surface area (Å²) < 4.78 is 10.7. The molecule has 0 bridgehead atoms. The predicted molar refractivity (Wildman–Crippen MR) is 143 cm³/mol. The molecule has 3 aromatic rings. The summed E-state index contributed by atoms with van der Waals surface area (Å²) in [6.45, 7) is 5.61. The number of nitrogens with one attached hydrogen (secondary N) is 2. The van der Waals surface area contributed by atoms with Crippen LogP contribution in [0.25, 0.3) is 0 Å². The maximum absolute atomic E-state index is 12.5. The van der Waals surface area contributed by atoms with Gasteiger partial charge >= 0.3 is 12.2 Å². The summed E-state index contributed by atoms with van der Waals surface area (Å²) >= 11 is 1.40. The van der Waals surface area contributed by atoms with Gasteiger partial charge in [-0.1, -0.05) is 42.5 Å². The van der Waals surface area contributed by atoms with Gasteiger partial charge in [0.1, 0.15) is 24.2 Å². The first-order chi connectivity index (χ1) is 18.1. The summed E-state index contributed by atoms with van der Waals surface area (Å²) in [6, 6.07) is 15.2. The molecule has 10 nitrogen and oxygen atoms in total. The molecule has 204 valence electrons. The van der Waals surface area contributed by atoms with Crippen molar-refractivity contribution in [1.29, 1.82) is 0 Å². The summed E-state index contributed by atoms with van der Waals surface area (Å²) in [5.41, 5.74) is 4.94. The van der Waals surface area contributed by atoms with Crippen LogP contribution in [0.15, 0.2) is 66.3 Å². The lowest BCUT2D eigenvalue weighted by Gasteiger charge is -2.30. The molecule has 0 aliphatic rings. The number of aromatic nitrogens is 1. The van der Waals surface area contributed by atoms with Gasteiger partial charge in [-0.2, -0.15) is 5.01 Å². The van der Waals surface area contributed by atoms with Crippen LogP contribution in [0.1, 0.15) is 61.9 Å². The third kappa shape index (κ3) is 9.66. The van der Waals surface area contributed by atoms with Crippen molar-refractivity contribution >= 4 is 23.5 Å². The number of alkyl carbamates (subject to hydrolysis) is 1. The van der Waals surface area contributed by atoms with E-state index in [0.29, 0.717) is 18.4 Å². The number of carbonyl (C=O) groups excluding carboxylic acids is 2. The van der Waals surface area contributed by atoms with E-state index in [1.807, 2.05) is 30.3 Å². The van der Waals surface area contributed by atoms with Gasteiger partial charge < -0.3 is 25.0 Å². The number of carbonyl (C=O) groups is 2. The number of thiazole rings is 1. The molecular weight excluding hydrogens is 508 g/mol. The molecule has 38 heavy (non-hydrogen) atoms. The summed E-state index contributed by atoms with van der Waals surface area (Å²) in [7, 11) is 0. The Bertz CT molecular complexity index is 1140. The van der Waals surface area contributed by atoms with E-state index in [4.69, 9.17) is 9.47 Å². The topological polar surface area (TPSA) is 133 Å². The van der Waals surface area contributed by atoms with Gasteiger partial charge in [-0.25, -0.2) is 9.59 Å². The lowest BCUT2D eigenvalue weighted by molar-refractivity contribution is -0.0448. The van der Waals surface area contributed by atoms with E-state index in [1.54, 1.807) is 44.6 Å². The van der Waals surface area contributed by atoms with E-state index < -0.39 is 24.0 Å². The predicted octanol–water partition coefficient (Wildman–Crippen LogP) is 5.03. The van der Waals surface area contributed by atoms with E-state index >= 15 is 0 Å². The number of phenols is 1. The highest BCUT2D eigenvalue weighted by molar-refractivity contribution is 7.09. The van der Waals surface area contributed by atoms with E-state index in [-0.39, 0.29) is 24.9 Å². The van der Waals surface area contributed by atoms with Gasteiger partial charge in [0.25, 0.3) is 0 Å². The first-order valence-corrected chi connectivity index (χ1v) is 13.1. The van der Waals surface area contributed by atoms with Gasteiger partial charge in [0.15, 0.2) is 0 Å². The third-order valence-corrected chi connectivity index (χ3v) is 6.09. The number of hydrazine groups is 1. The number of amides is 2. The first kappa shape index (κ1) is 28.9. The summed E-state index contributed by atoms with van der Waals surface area (Å²) in [6.07, 6.45) is 0.169. The smallest absolute Gasteiger partial charge is 0.422 e. The number of nitrogens with zero attached hydrogens (tertiary/aromatic N) is 2. The second-order valence-electron chi connectivity index (χ2n) is 9.57. The van der Waals surface area contributed by atoms with Crippen LogP contribution in [0.3, 0.4) is 0 Å². The third-order valence-electron chi connectivity index (χ3n) is 5.34. The van der Waals surface area contributed by atoms with Gasteiger partial charge in [0.05, 0.1) is 16.4 Å². The molecule has 1 aromatic heterocycles. The van der Waals surface area contributed by atoms with Crippen LogP contribution in [0, 0.1) is 0 Å². The monoisotopic (exact) mass is 542 g/mol. The van der Waals surface area contributed by atoms with Crippen LogP contribution >= 0.6 is 11.3 Å². The normalized spacial score (nSPS) is 13.0. The molecule has 0 radical (unpaired) electrons. The van der Waals surface area contributed by atoms with Gasteiger partial charge in [-0.05, 0) is 56.9 Å².